The van der Waals surface area contributed by atoms with E-state index in [0.29, 0.717) is 13.2 Å². The standard InChI is InChI=1S/C13H16N2O6S/c16-12(17)9-14-13(18)10-2-1-3-11(8-10)22(19,20)15-4-6-21-7-5-15/h1-3,8H,4-7,9H2,(H,14,18)(H,16,17). The van der Waals surface area contributed by atoms with Crippen LogP contribution in [0.5, 0.6) is 0 Å². The number of rotatable bonds is 5. The summed E-state index contributed by atoms with van der Waals surface area (Å²) < 4.78 is 31.4. The average Bonchev–Trinajstić information content (AvgIpc) is 2.53. The molecule has 1 aliphatic rings. The fourth-order valence-corrected chi connectivity index (χ4v) is 3.45. The molecule has 1 aromatic carbocycles. The largest absolute Gasteiger partial charge is 0.480 e. The fourth-order valence-electron chi connectivity index (χ4n) is 1.99. The van der Waals surface area contributed by atoms with Gasteiger partial charge in [-0.25, -0.2) is 8.42 Å². The van der Waals surface area contributed by atoms with Gasteiger partial charge in [0.25, 0.3) is 5.91 Å². The fraction of sp³-hybridized carbons (Fsp3) is 0.385. The van der Waals surface area contributed by atoms with E-state index in [0.717, 1.165) is 0 Å². The number of hydrogen-bond acceptors (Lipinski definition) is 5. The van der Waals surface area contributed by atoms with Crippen LogP contribution >= 0.6 is 0 Å². The topological polar surface area (TPSA) is 113 Å². The minimum atomic E-state index is -3.69. The molecule has 1 fully saturated rings. The van der Waals surface area contributed by atoms with Gasteiger partial charge >= 0.3 is 5.97 Å². The highest BCUT2D eigenvalue weighted by Crippen LogP contribution is 2.18. The Hall–Kier alpha value is -1.97. The summed E-state index contributed by atoms with van der Waals surface area (Å²) in [7, 11) is -3.69. The number of carbonyl (C=O) groups excluding carboxylic acids is 1. The molecule has 0 unspecified atom stereocenters. The highest BCUT2D eigenvalue weighted by Gasteiger charge is 2.26. The summed E-state index contributed by atoms with van der Waals surface area (Å²) in [4.78, 5) is 22.2. The first-order chi connectivity index (χ1) is 10.4. The Balaban J connectivity index is 2.20. The molecule has 120 valence electrons. The van der Waals surface area contributed by atoms with E-state index in [1.165, 1.54) is 28.6 Å². The van der Waals surface area contributed by atoms with E-state index in [4.69, 9.17) is 9.84 Å². The molecule has 1 aromatic rings. The first kappa shape index (κ1) is 16.4. The third-order valence-corrected chi connectivity index (χ3v) is 5.00. The van der Waals surface area contributed by atoms with Crippen molar-refractivity contribution in [3.05, 3.63) is 29.8 Å². The number of morpholine rings is 1. The van der Waals surface area contributed by atoms with Crippen molar-refractivity contribution in [3.8, 4) is 0 Å². The van der Waals surface area contributed by atoms with Crippen LogP contribution in [0.3, 0.4) is 0 Å². The highest BCUT2D eigenvalue weighted by atomic mass is 32.2. The van der Waals surface area contributed by atoms with Gasteiger partial charge in [-0.05, 0) is 18.2 Å². The van der Waals surface area contributed by atoms with Gasteiger partial charge in [0.1, 0.15) is 6.54 Å². The number of carboxylic acid groups (broad SMARTS) is 1. The van der Waals surface area contributed by atoms with Crippen LogP contribution in [-0.4, -0.2) is 62.6 Å². The molecule has 1 saturated heterocycles. The van der Waals surface area contributed by atoms with Gasteiger partial charge in [0.2, 0.25) is 10.0 Å². The Morgan fingerprint density at radius 3 is 2.59 bits per heavy atom. The summed E-state index contributed by atoms with van der Waals surface area (Å²) in [5.74, 6) is -1.81. The normalized spacial score (nSPS) is 16.2. The molecule has 8 nitrogen and oxygen atoms in total. The number of hydrogen-bond donors (Lipinski definition) is 2. The van der Waals surface area contributed by atoms with E-state index in [1.54, 1.807) is 0 Å². The van der Waals surface area contributed by atoms with Crippen molar-refractivity contribution in [2.75, 3.05) is 32.8 Å². The van der Waals surface area contributed by atoms with E-state index in [1.807, 2.05) is 0 Å². The third-order valence-electron chi connectivity index (χ3n) is 3.10. The van der Waals surface area contributed by atoms with Gasteiger partial charge in [0, 0.05) is 18.7 Å². The van der Waals surface area contributed by atoms with Crippen molar-refractivity contribution in [3.63, 3.8) is 0 Å². The molecule has 0 aromatic heterocycles. The van der Waals surface area contributed by atoms with Crippen LogP contribution in [0, 0.1) is 0 Å². The van der Waals surface area contributed by atoms with Crippen molar-refractivity contribution in [2.45, 2.75) is 4.90 Å². The molecule has 0 spiro atoms. The average molecular weight is 328 g/mol. The SMILES string of the molecule is O=C(O)CNC(=O)c1cccc(S(=O)(=O)N2CCOCC2)c1. The van der Waals surface area contributed by atoms with Gasteiger partial charge in [-0.1, -0.05) is 6.07 Å². The van der Waals surface area contributed by atoms with Crippen molar-refractivity contribution < 1.29 is 27.9 Å². The number of benzene rings is 1. The number of carboxylic acids is 1. The summed E-state index contributed by atoms with van der Waals surface area (Å²) in [6, 6.07) is 5.51. The van der Waals surface area contributed by atoms with E-state index < -0.39 is 28.4 Å². The van der Waals surface area contributed by atoms with Crippen LogP contribution in [0.25, 0.3) is 0 Å². The van der Waals surface area contributed by atoms with Gasteiger partial charge in [-0.2, -0.15) is 4.31 Å². The Kier molecular flexibility index (Phi) is 5.11. The minimum absolute atomic E-state index is 0.00243. The number of nitrogens with one attached hydrogen (secondary N) is 1. The number of amides is 1. The predicted octanol–water partition coefficient (Wildman–Crippen LogP) is -0.478. The van der Waals surface area contributed by atoms with Crippen LogP contribution < -0.4 is 5.32 Å². The number of sulfonamides is 1. The summed E-state index contributed by atoms with van der Waals surface area (Å²) in [5, 5.41) is 10.7. The summed E-state index contributed by atoms with van der Waals surface area (Å²) in [6.45, 7) is 0.658. The zero-order chi connectivity index (χ0) is 16.2. The number of carbonyl (C=O) groups is 2. The lowest BCUT2D eigenvalue weighted by Crippen LogP contribution is -2.40. The van der Waals surface area contributed by atoms with E-state index >= 15 is 0 Å². The molecule has 0 atom stereocenters. The van der Waals surface area contributed by atoms with Gasteiger partial charge in [-0.3, -0.25) is 9.59 Å². The summed E-state index contributed by atoms with van der Waals surface area (Å²) >= 11 is 0. The van der Waals surface area contributed by atoms with Crippen LogP contribution in [0.4, 0.5) is 0 Å². The second kappa shape index (κ2) is 6.86. The van der Waals surface area contributed by atoms with Crippen LogP contribution in [0.2, 0.25) is 0 Å². The predicted molar refractivity (Wildman–Crippen MR) is 76.0 cm³/mol. The zero-order valence-electron chi connectivity index (χ0n) is 11.7. The molecule has 22 heavy (non-hydrogen) atoms. The number of aliphatic carboxylic acids is 1. The van der Waals surface area contributed by atoms with Crippen LogP contribution in [0.15, 0.2) is 29.2 Å². The van der Waals surface area contributed by atoms with Gasteiger partial charge in [0.05, 0.1) is 18.1 Å². The molecular formula is C13H16N2O6S. The van der Waals surface area contributed by atoms with Crippen molar-refractivity contribution in [2.24, 2.45) is 0 Å². The lowest BCUT2D eigenvalue weighted by molar-refractivity contribution is -0.135. The molecule has 0 aliphatic carbocycles. The maximum absolute atomic E-state index is 12.5. The Morgan fingerprint density at radius 2 is 1.95 bits per heavy atom. The van der Waals surface area contributed by atoms with E-state index in [9.17, 15) is 18.0 Å². The smallest absolute Gasteiger partial charge is 0.322 e. The molecule has 1 heterocycles. The van der Waals surface area contributed by atoms with Crippen LogP contribution in [-0.2, 0) is 19.6 Å². The Bertz CT molecular complexity index is 667. The Morgan fingerprint density at radius 1 is 1.27 bits per heavy atom. The zero-order valence-corrected chi connectivity index (χ0v) is 12.5. The molecular weight excluding hydrogens is 312 g/mol. The monoisotopic (exact) mass is 328 g/mol. The van der Waals surface area contributed by atoms with Gasteiger partial charge in [-0.15, -0.1) is 0 Å². The third kappa shape index (κ3) is 3.81. The van der Waals surface area contributed by atoms with Crippen LogP contribution in [0.1, 0.15) is 10.4 Å². The van der Waals surface area contributed by atoms with E-state index in [-0.39, 0.29) is 23.5 Å². The van der Waals surface area contributed by atoms with E-state index in [2.05, 4.69) is 5.32 Å². The number of ether oxygens (including phenoxy) is 1. The summed E-state index contributed by atoms with van der Waals surface area (Å²) in [5.41, 5.74) is 0.0931. The molecule has 0 radical (unpaired) electrons. The van der Waals surface area contributed by atoms with Crippen molar-refractivity contribution in [1.82, 2.24) is 9.62 Å². The molecule has 1 aliphatic heterocycles. The quantitative estimate of drug-likeness (QED) is 0.755. The van der Waals surface area contributed by atoms with Crippen molar-refractivity contribution >= 4 is 21.9 Å². The van der Waals surface area contributed by atoms with Gasteiger partial charge < -0.3 is 15.2 Å². The number of nitrogens with zero attached hydrogens (tertiary/aromatic N) is 1. The summed E-state index contributed by atoms with van der Waals surface area (Å²) in [6.07, 6.45) is 0. The van der Waals surface area contributed by atoms with Crippen molar-refractivity contribution in [1.29, 1.82) is 0 Å². The molecule has 2 N–H and O–H groups in total. The second-order valence-corrected chi connectivity index (χ2v) is 6.56. The lowest BCUT2D eigenvalue weighted by Gasteiger charge is -2.26. The second-order valence-electron chi connectivity index (χ2n) is 4.62. The molecule has 2 rings (SSSR count). The maximum Gasteiger partial charge on any atom is 0.322 e. The lowest BCUT2D eigenvalue weighted by atomic mass is 10.2. The highest BCUT2D eigenvalue weighted by molar-refractivity contribution is 7.89. The van der Waals surface area contributed by atoms with Gasteiger partial charge in [0.15, 0.2) is 0 Å². The molecule has 1 amide bonds. The molecule has 0 bridgehead atoms. The molecule has 9 heteroatoms. The minimum Gasteiger partial charge on any atom is -0.480 e. The maximum atomic E-state index is 12.5. The molecule has 0 saturated carbocycles. The first-order valence-electron chi connectivity index (χ1n) is 6.59. The first-order valence-corrected chi connectivity index (χ1v) is 8.03. The Labute approximate surface area is 127 Å².